The molecule has 160 valence electrons. The number of halogens is 1. The van der Waals surface area contributed by atoms with E-state index in [-0.39, 0.29) is 17.9 Å². The molecule has 2 aromatic carbocycles. The van der Waals surface area contributed by atoms with Crippen LogP contribution in [0.3, 0.4) is 0 Å². The number of rotatable bonds is 4. The number of aryl methyl sites for hydroxylation is 1. The standard InChI is InChI=1S/C25H21FN4O2/c1-16(28-24(31)18-7-9-20(26)10-8-18)21-11-12-23-22(29-21)6-3-13-30(23)25(32)19-5-2-4-17(14-19)15-27/h2,4-5,7-12,14,16H,3,6,13H2,1H3,(H,28,31). The van der Waals surface area contributed by atoms with E-state index in [2.05, 4.69) is 11.4 Å². The van der Waals surface area contributed by atoms with Crippen molar-refractivity contribution in [1.29, 1.82) is 5.26 Å². The van der Waals surface area contributed by atoms with Gasteiger partial charge in [-0.1, -0.05) is 6.07 Å². The number of nitrogens with zero attached hydrogens (tertiary/aromatic N) is 3. The molecule has 0 saturated heterocycles. The average molecular weight is 428 g/mol. The summed E-state index contributed by atoms with van der Waals surface area (Å²) in [6.07, 6.45) is 1.49. The Balaban J connectivity index is 1.53. The van der Waals surface area contributed by atoms with Crippen molar-refractivity contribution in [2.45, 2.75) is 25.8 Å². The summed E-state index contributed by atoms with van der Waals surface area (Å²) in [4.78, 5) is 31.9. The highest BCUT2D eigenvalue weighted by Gasteiger charge is 2.26. The summed E-state index contributed by atoms with van der Waals surface area (Å²) in [5.74, 6) is -0.883. The second kappa shape index (κ2) is 8.98. The van der Waals surface area contributed by atoms with Gasteiger partial charge in [0.25, 0.3) is 11.8 Å². The summed E-state index contributed by atoms with van der Waals surface area (Å²) in [7, 11) is 0. The molecule has 4 rings (SSSR count). The van der Waals surface area contributed by atoms with E-state index in [4.69, 9.17) is 10.2 Å². The maximum Gasteiger partial charge on any atom is 0.258 e. The van der Waals surface area contributed by atoms with Crippen molar-refractivity contribution >= 4 is 17.5 Å². The minimum absolute atomic E-state index is 0.171. The van der Waals surface area contributed by atoms with Gasteiger partial charge in [0, 0.05) is 17.7 Å². The zero-order valence-corrected chi connectivity index (χ0v) is 17.5. The van der Waals surface area contributed by atoms with E-state index >= 15 is 0 Å². The van der Waals surface area contributed by atoms with Crippen LogP contribution in [0.2, 0.25) is 0 Å². The second-order valence-corrected chi connectivity index (χ2v) is 7.66. The largest absolute Gasteiger partial charge is 0.344 e. The van der Waals surface area contributed by atoms with Crippen molar-refractivity contribution in [3.63, 3.8) is 0 Å². The Morgan fingerprint density at radius 2 is 1.91 bits per heavy atom. The van der Waals surface area contributed by atoms with Gasteiger partial charge in [-0.3, -0.25) is 14.6 Å². The fraction of sp³-hybridized carbons (Fsp3) is 0.200. The summed E-state index contributed by atoms with van der Waals surface area (Å²) in [6.45, 7) is 2.40. The lowest BCUT2D eigenvalue weighted by Crippen LogP contribution is -2.36. The van der Waals surface area contributed by atoms with Gasteiger partial charge in [0.1, 0.15) is 5.82 Å². The van der Waals surface area contributed by atoms with Crippen LogP contribution in [0, 0.1) is 17.1 Å². The van der Waals surface area contributed by atoms with E-state index in [1.165, 1.54) is 24.3 Å². The predicted octanol–water partition coefficient (Wildman–Crippen LogP) is 4.18. The summed E-state index contributed by atoms with van der Waals surface area (Å²) >= 11 is 0. The quantitative estimate of drug-likeness (QED) is 0.676. The second-order valence-electron chi connectivity index (χ2n) is 7.66. The number of amides is 2. The van der Waals surface area contributed by atoms with E-state index in [1.807, 2.05) is 13.0 Å². The number of carbonyl (C=O) groups is 2. The Bertz CT molecular complexity index is 1220. The third-order valence-electron chi connectivity index (χ3n) is 5.44. The van der Waals surface area contributed by atoms with Crippen LogP contribution in [0.15, 0.2) is 60.7 Å². The van der Waals surface area contributed by atoms with Gasteiger partial charge in [0.15, 0.2) is 0 Å². The molecule has 3 aromatic rings. The van der Waals surface area contributed by atoms with Gasteiger partial charge in [-0.15, -0.1) is 0 Å². The van der Waals surface area contributed by atoms with E-state index in [1.54, 1.807) is 35.2 Å². The van der Waals surface area contributed by atoms with Gasteiger partial charge in [0.2, 0.25) is 0 Å². The van der Waals surface area contributed by atoms with Crippen molar-refractivity contribution in [1.82, 2.24) is 10.3 Å². The highest BCUT2D eigenvalue weighted by atomic mass is 19.1. The molecule has 2 heterocycles. The van der Waals surface area contributed by atoms with Gasteiger partial charge in [0.05, 0.1) is 34.7 Å². The average Bonchev–Trinajstić information content (AvgIpc) is 2.83. The Morgan fingerprint density at radius 1 is 1.12 bits per heavy atom. The summed E-state index contributed by atoms with van der Waals surface area (Å²) in [5.41, 5.74) is 3.48. The Hall–Kier alpha value is -4.05. The first kappa shape index (κ1) is 21.2. The smallest absolute Gasteiger partial charge is 0.258 e. The molecular formula is C25H21FN4O2. The van der Waals surface area contributed by atoms with Crippen LogP contribution in [-0.4, -0.2) is 23.3 Å². The molecule has 0 bridgehead atoms. The molecule has 1 aliphatic heterocycles. The molecule has 32 heavy (non-hydrogen) atoms. The summed E-state index contributed by atoms with van der Waals surface area (Å²) in [6, 6.07) is 17.3. The fourth-order valence-electron chi connectivity index (χ4n) is 3.75. The first-order valence-corrected chi connectivity index (χ1v) is 10.3. The minimum atomic E-state index is -0.399. The number of anilines is 1. The number of hydrogen-bond donors (Lipinski definition) is 1. The summed E-state index contributed by atoms with van der Waals surface area (Å²) < 4.78 is 13.1. The monoisotopic (exact) mass is 428 g/mol. The number of nitriles is 1. The lowest BCUT2D eigenvalue weighted by Gasteiger charge is -2.29. The third kappa shape index (κ3) is 4.35. The lowest BCUT2D eigenvalue weighted by atomic mass is 10.0. The number of nitrogens with one attached hydrogen (secondary N) is 1. The molecule has 1 aliphatic rings. The summed E-state index contributed by atoms with van der Waals surface area (Å²) in [5, 5.41) is 12.0. The lowest BCUT2D eigenvalue weighted by molar-refractivity contribution is 0.0938. The van der Waals surface area contributed by atoms with Gasteiger partial charge in [-0.05, 0) is 74.4 Å². The van der Waals surface area contributed by atoms with E-state index < -0.39 is 5.82 Å². The van der Waals surface area contributed by atoms with Crippen LogP contribution in [0.1, 0.15) is 57.1 Å². The maximum atomic E-state index is 13.1. The topological polar surface area (TPSA) is 86.1 Å². The van der Waals surface area contributed by atoms with Crippen molar-refractivity contribution in [2.75, 3.05) is 11.4 Å². The van der Waals surface area contributed by atoms with Gasteiger partial charge < -0.3 is 10.2 Å². The van der Waals surface area contributed by atoms with Gasteiger partial charge in [-0.2, -0.15) is 5.26 Å². The van der Waals surface area contributed by atoms with Crippen molar-refractivity contribution < 1.29 is 14.0 Å². The molecule has 0 fully saturated rings. The van der Waals surface area contributed by atoms with Gasteiger partial charge >= 0.3 is 0 Å². The van der Waals surface area contributed by atoms with E-state index in [9.17, 15) is 14.0 Å². The number of carbonyl (C=O) groups excluding carboxylic acids is 2. The van der Waals surface area contributed by atoms with Crippen molar-refractivity contribution in [2.24, 2.45) is 0 Å². The van der Waals surface area contributed by atoms with Crippen LogP contribution < -0.4 is 10.2 Å². The predicted molar refractivity (Wildman–Crippen MR) is 118 cm³/mol. The van der Waals surface area contributed by atoms with E-state index in [0.717, 1.165) is 24.2 Å². The molecule has 6 nitrogen and oxygen atoms in total. The Morgan fingerprint density at radius 3 is 2.66 bits per heavy atom. The Kier molecular flexibility index (Phi) is 5.95. The van der Waals surface area contributed by atoms with E-state index in [0.29, 0.717) is 28.9 Å². The first-order valence-electron chi connectivity index (χ1n) is 10.3. The molecular weight excluding hydrogens is 407 g/mol. The van der Waals surface area contributed by atoms with Crippen LogP contribution in [-0.2, 0) is 6.42 Å². The molecule has 0 radical (unpaired) electrons. The highest BCUT2D eigenvalue weighted by molar-refractivity contribution is 6.06. The zero-order valence-electron chi connectivity index (χ0n) is 17.5. The number of fused-ring (bicyclic) bond motifs is 1. The minimum Gasteiger partial charge on any atom is -0.344 e. The number of pyridine rings is 1. The molecule has 1 atom stereocenters. The van der Waals surface area contributed by atoms with Crippen LogP contribution in [0.4, 0.5) is 10.1 Å². The molecule has 0 spiro atoms. The Labute approximate surface area is 185 Å². The third-order valence-corrected chi connectivity index (χ3v) is 5.44. The molecule has 0 saturated carbocycles. The van der Waals surface area contributed by atoms with Crippen LogP contribution in [0.5, 0.6) is 0 Å². The van der Waals surface area contributed by atoms with Gasteiger partial charge in [-0.25, -0.2) is 4.39 Å². The number of aromatic nitrogens is 1. The van der Waals surface area contributed by atoms with Crippen LogP contribution >= 0.6 is 0 Å². The van der Waals surface area contributed by atoms with Crippen LogP contribution in [0.25, 0.3) is 0 Å². The van der Waals surface area contributed by atoms with Crippen molar-refractivity contribution in [3.05, 3.63) is 94.6 Å². The molecule has 2 amide bonds. The maximum absolute atomic E-state index is 13.1. The number of hydrogen-bond acceptors (Lipinski definition) is 4. The molecule has 1 aromatic heterocycles. The number of benzene rings is 2. The molecule has 1 unspecified atom stereocenters. The SMILES string of the molecule is CC(NC(=O)c1ccc(F)cc1)c1ccc2c(n1)CCCN2C(=O)c1cccc(C#N)c1. The fourth-order valence-corrected chi connectivity index (χ4v) is 3.75. The molecule has 1 N–H and O–H groups in total. The molecule has 0 aliphatic carbocycles. The molecule has 7 heteroatoms. The highest BCUT2D eigenvalue weighted by Crippen LogP contribution is 2.29. The van der Waals surface area contributed by atoms with Crippen molar-refractivity contribution in [3.8, 4) is 6.07 Å². The normalized spacial score (nSPS) is 13.6. The zero-order chi connectivity index (χ0) is 22.7. The first-order chi connectivity index (χ1) is 15.5.